The summed E-state index contributed by atoms with van der Waals surface area (Å²) in [6.45, 7) is 3.56. The first-order chi connectivity index (χ1) is 14.3. The maximum atomic E-state index is 13.9. The summed E-state index contributed by atoms with van der Waals surface area (Å²) in [6.07, 6.45) is 0. The Hall–Kier alpha value is -3.68. The molecule has 0 fully saturated rings. The molecule has 7 nitrogen and oxygen atoms in total. The van der Waals surface area contributed by atoms with E-state index in [1.807, 2.05) is 0 Å². The second-order valence-corrected chi connectivity index (χ2v) is 6.72. The van der Waals surface area contributed by atoms with Crippen LogP contribution in [-0.2, 0) is 9.53 Å². The minimum absolute atomic E-state index is 0.0848. The van der Waals surface area contributed by atoms with Crippen molar-refractivity contribution in [2.24, 2.45) is 0 Å². The molecule has 8 heteroatoms. The van der Waals surface area contributed by atoms with Crippen LogP contribution in [0.3, 0.4) is 0 Å². The highest BCUT2D eigenvalue weighted by atomic mass is 19.1. The van der Waals surface area contributed by atoms with Crippen molar-refractivity contribution < 1.29 is 23.5 Å². The number of carbonyl (C=O) groups excluding carboxylic acids is 3. The van der Waals surface area contributed by atoms with E-state index < -0.39 is 23.7 Å². The maximum absolute atomic E-state index is 13.9. The normalized spacial score (nSPS) is 16.2. The Kier molecular flexibility index (Phi) is 6.15. The van der Waals surface area contributed by atoms with Crippen LogP contribution in [-0.4, -0.2) is 36.5 Å². The number of esters is 1. The van der Waals surface area contributed by atoms with Gasteiger partial charge in [-0.15, -0.1) is 0 Å². The van der Waals surface area contributed by atoms with Gasteiger partial charge in [-0.25, -0.2) is 14.0 Å². The van der Waals surface area contributed by atoms with Gasteiger partial charge in [0.15, 0.2) is 0 Å². The number of carbonyl (C=O) groups is 3. The van der Waals surface area contributed by atoms with Gasteiger partial charge in [0.2, 0.25) is 0 Å². The fourth-order valence-electron chi connectivity index (χ4n) is 3.20. The highest BCUT2D eigenvalue weighted by molar-refractivity contribution is 6.04. The minimum Gasteiger partial charge on any atom is -0.463 e. The monoisotopic (exact) mass is 411 g/mol. The summed E-state index contributed by atoms with van der Waals surface area (Å²) < 4.78 is 19.0. The molecule has 0 aliphatic carbocycles. The number of anilines is 1. The Morgan fingerprint density at radius 2 is 1.93 bits per heavy atom. The smallest absolute Gasteiger partial charge is 0.338 e. The van der Waals surface area contributed by atoms with Crippen molar-refractivity contribution in [2.75, 3.05) is 19.0 Å². The van der Waals surface area contributed by atoms with E-state index in [1.54, 1.807) is 51.2 Å². The Labute approximate surface area is 173 Å². The molecule has 1 heterocycles. The van der Waals surface area contributed by atoms with Gasteiger partial charge >= 0.3 is 12.0 Å². The molecular weight excluding hydrogens is 389 g/mol. The lowest BCUT2D eigenvalue weighted by Crippen LogP contribution is -2.46. The van der Waals surface area contributed by atoms with E-state index in [1.165, 1.54) is 23.1 Å². The second kappa shape index (κ2) is 8.77. The van der Waals surface area contributed by atoms with Crippen molar-refractivity contribution in [1.82, 2.24) is 10.2 Å². The van der Waals surface area contributed by atoms with Crippen molar-refractivity contribution in [1.29, 1.82) is 0 Å². The Morgan fingerprint density at radius 1 is 1.20 bits per heavy atom. The molecule has 2 aromatic rings. The van der Waals surface area contributed by atoms with E-state index in [0.717, 1.165) is 0 Å². The second-order valence-electron chi connectivity index (χ2n) is 6.72. The van der Waals surface area contributed by atoms with Crippen LogP contribution in [0.15, 0.2) is 59.8 Å². The Bertz CT molecular complexity index is 1030. The number of rotatable bonds is 5. The molecule has 1 aliphatic heterocycles. The molecule has 30 heavy (non-hydrogen) atoms. The van der Waals surface area contributed by atoms with Gasteiger partial charge in [0, 0.05) is 18.4 Å². The van der Waals surface area contributed by atoms with Gasteiger partial charge in [0.05, 0.1) is 23.8 Å². The zero-order valence-electron chi connectivity index (χ0n) is 16.9. The summed E-state index contributed by atoms with van der Waals surface area (Å²) in [6, 6.07) is 11.2. The molecule has 1 unspecified atom stereocenters. The zero-order chi connectivity index (χ0) is 21.8. The first-order valence-corrected chi connectivity index (χ1v) is 9.41. The standard InChI is InChI=1S/C22H22FN3O4/c1-4-30-21(28)18-13(2)26(3)22(29)25-19(18)14-8-7-9-15(12-14)24-20(27)16-10-5-6-11-17(16)23/h5-12,19H,4H2,1-3H3,(H,24,27)(H,25,29). The predicted molar refractivity (Wildman–Crippen MR) is 109 cm³/mol. The van der Waals surface area contributed by atoms with E-state index >= 15 is 0 Å². The molecule has 0 saturated heterocycles. The summed E-state index contributed by atoms with van der Waals surface area (Å²) in [7, 11) is 1.56. The van der Waals surface area contributed by atoms with Crippen molar-refractivity contribution in [3.8, 4) is 0 Å². The van der Waals surface area contributed by atoms with Crippen molar-refractivity contribution in [3.63, 3.8) is 0 Å². The van der Waals surface area contributed by atoms with Crippen LogP contribution in [0.2, 0.25) is 0 Å². The first-order valence-electron chi connectivity index (χ1n) is 9.41. The number of halogens is 1. The van der Waals surface area contributed by atoms with Crippen LogP contribution in [0.1, 0.15) is 35.8 Å². The van der Waals surface area contributed by atoms with Gasteiger partial charge in [0.25, 0.3) is 5.91 Å². The topological polar surface area (TPSA) is 87.7 Å². The van der Waals surface area contributed by atoms with E-state index in [4.69, 9.17) is 4.74 Å². The highest BCUT2D eigenvalue weighted by Gasteiger charge is 2.35. The van der Waals surface area contributed by atoms with Crippen LogP contribution in [0.4, 0.5) is 14.9 Å². The van der Waals surface area contributed by atoms with Gasteiger partial charge < -0.3 is 20.3 Å². The predicted octanol–water partition coefficient (Wildman–Crippen LogP) is 3.61. The third-order valence-electron chi connectivity index (χ3n) is 4.85. The van der Waals surface area contributed by atoms with Gasteiger partial charge in [-0.2, -0.15) is 0 Å². The van der Waals surface area contributed by atoms with Crippen molar-refractivity contribution in [2.45, 2.75) is 19.9 Å². The molecule has 0 aromatic heterocycles. The van der Waals surface area contributed by atoms with Crippen molar-refractivity contribution in [3.05, 3.63) is 76.7 Å². The van der Waals surface area contributed by atoms with Crippen LogP contribution < -0.4 is 10.6 Å². The van der Waals surface area contributed by atoms with Gasteiger partial charge in [-0.3, -0.25) is 4.79 Å². The quantitative estimate of drug-likeness (QED) is 0.736. The van der Waals surface area contributed by atoms with Crippen LogP contribution >= 0.6 is 0 Å². The third-order valence-corrected chi connectivity index (χ3v) is 4.85. The van der Waals surface area contributed by atoms with Crippen LogP contribution in [0.25, 0.3) is 0 Å². The largest absolute Gasteiger partial charge is 0.463 e. The molecule has 3 rings (SSSR count). The molecule has 0 saturated carbocycles. The summed E-state index contributed by atoms with van der Waals surface area (Å²) in [5.41, 5.74) is 1.66. The number of ether oxygens (including phenoxy) is 1. The van der Waals surface area contributed by atoms with Gasteiger partial charge in [-0.05, 0) is 43.7 Å². The minimum atomic E-state index is -0.752. The number of hydrogen-bond acceptors (Lipinski definition) is 4. The van der Waals surface area contributed by atoms with E-state index in [-0.39, 0.29) is 18.2 Å². The fraction of sp³-hybridized carbons (Fsp3) is 0.227. The lowest BCUT2D eigenvalue weighted by molar-refractivity contribution is -0.139. The van der Waals surface area contributed by atoms with Crippen LogP contribution in [0, 0.1) is 5.82 Å². The molecule has 2 N–H and O–H groups in total. The van der Waals surface area contributed by atoms with Crippen LogP contribution in [0.5, 0.6) is 0 Å². The van der Waals surface area contributed by atoms with E-state index in [2.05, 4.69) is 10.6 Å². The number of amides is 3. The van der Waals surface area contributed by atoms with Crippen molar-refractivity contribution >= 4 is 23.6 Å². The molecular formula is C22H22FN3O4. The average molecular weight is 411 g/mol. The fourth-order valence-corrected chi connectivity index (χ4v) is 3.20. The lowest BCUT2D eigenvalue weighted by atomic mass is 9.94. The zero-order valence-corrected chi connectivity index (χ0v) is 16.9. The van der Waals surface area contributed by atoms with E-state index in [9.17, 15) is 18.8 Å². The molecule has 1 aliphatic rings. The average Bonchev–Trinajstić information content (AvgIpc) is 2.72. The SMILES string of the molecule is CCOC(=O)C1=C(C)N(C)C(=O)NC1c1cccc(NC(=O)c2ccccc2F)c1. The van der Waals surface area contributed by atoms with E-state index in [0.29, 0.717) is 22.5 Å². The summed E-state index contributed by atoms with van der Waals surface area (Å²) >= 11 is 0. The number of urea groups is 1. The Morgan fingerprint density at radius 3 is 2.63 bits per heavy atom. The summed E-state index contributed by atoms with van der Waals surface area (Å²) in [5, 5.41) is 5.42. The molecule has 3 amide bonds. The number of nitrogens with zero attached hydrogens (tertiary/aromatic N) is 1. The molecule has 2 aromatic carbocycles. The number of hydrogen-bond donors (Lipinski definition) is 2. The molecule has 1 atom stereocenters. The number of benzene rings is 2. The summed E-state index contributed by atoms with van der Waals surface area (Å²) in [4.78, 5) is 38.6. The maximum Gasteiger partial charge on any atom is 0.338 e. The lowest BCUT2D eigenvalue weighted by Gasteiger charge is -2.33. The molecule has 0 bridgehead atoms. The third kappa shape index (κ3) is 4.17. The van der Waals surface area contributed by atoms with Gasteiger partial charge in [0.1, 0.15) is 5.82 Å². The molecule has 156 valence electrons. The molecule has 0 radical (unpaired) electrons. The number of allylic oxidation sites excluding steroid dienone is 1. The molecule has 0 spiro atoms. The highest BCUT2D eigenvalue weighted by Crippen LogP contribution is 2.31. The Balaban J connectivity index is 1.93. The van der Waals surface area contributed by atoms with Gasteiger partial charge in [-0.1, -0.05) is 24.3 Å². The number of nitrogens with one attached hydrogen (secondary N) is 2. The first kappa shape index (κ1) is 21.0. The summed E-state index contributed by atoms with van der Waals surface area (Å²) in [5.74, 6) is -1.76.